The van der Waals surface area contributed by atoms with Crippen molar-refractivity contribution in [2.75, 3.05) is 0 Å². The maximum Gasteiger partial charge on any atom is 0.259 e. The Balaban J connectivity index is 3.15. The molecule has 2 rings (SSSR count). The second kappa shape index (κ2) is 3.01. The number of para-hydroxylation sites is 1. The molecule has 1 heterocycles. The van der Waals surface area contributed by atoms with Crippen molar-refractivity contribution in [3.8, 4) is 0 Å². The predicted molar refractivity (Wildman–Crippen MR) is 57.8 cm³/mol. The zero-order valence-electron chi connectivity index (χ0n) is 6.52. The number of thiol groups is 1. The summed E-state index contributed by atoms with van der Waals surface area (Å²) >= 11 is 9.05. The van der Waals surface area contributed by atoms with E-state index in [4.69, 9.17) is 12.2 Å². The molecule has 0 aliphatic carbocycles. The van der Waals surface area contributed by atoms with Crippen molar-refractivity contribution < 1.29 is 0 Å². The molecule has 1 aromatic carbocycles. The standard InChI is InChI=1S/C8H6N2OS2/c11-7-5-3-1-2-4-6(5)10(13)8(12)9-7/h1-4,13H,(H,9,11,12). The summed E-state index contributed by atoms with van der Waals surface area (Å²) < 4.78 is 1.79. The summed E-state index contributed by atoms with van der Waals surface area (Å²) in [5.41, 5.74) is 0.547. The van der Waals surface area contributed by atoms with Gasteiger partial charge in [-0.3, -0.25) is 13.8 Å². The molecule has 0 atom stereocenters. The van der Waals surface area contributed by atoms with Gasteiger partial charge in [0, 0.05) is 0 Å². The van der Waals surface area contributed by atoms with Crippen LogP contribution in [0.5, 0.6) is 0 Å². The van der Waals surface area contributed by atoms with Crippen LogP contribution in [0.15, 0.2) is 29.1 Å². The van der Waals surface area contributed by atoms with Crippen molar-refractivity contribution in [2.45, 2.75) is 0 Å². The molecule has 0 radical (unpaired) electrons. The van der Waals surface area contributed by atoms with Crippen molar-refractivity contribution in [3.63, 3.8) is 0 Å². The molecule has 0 bridgehead atoms. The molecule has 2 aromatic rings. The van der Waals surface area contributed by atoms with Crippen LogP contribution in [0.1, 0.15) is 0 Å². The van der Waals surface area contributed by atoms with E-state index < -0.39 is 0 Å². The van der Waals surface area contributed by atoms with E-state index >= 15 is 0 Å². The van der Waals surface area contributed by atoms with Gasteiger partial charge in [-0.2, -0.15) is 0 Å². The van der Waals surface area contributed by atoms with Gasteiger partial charge in [-0.15, -0.1) is 0 Å². The molecule has 5 heteroatoms. The Kier molecular flexibility index (Phi) is 1.97. The van der Waals surface area contributed by atoms with Crippen LogP contribution in [0.25, 0.3) is 10.9 Å². The second-order valence-corrected chi connectivity index (χ2v) is 3.37. The molecular weight excluding hydrogens is 204 g/mol. The molecule has 0 aliphatic heterocycles. The minimum absolute atomic E-state index is 0.175. The average molecular weight is 210 g/mol. The van der Waals surface area contributed by atoms with Gasteiger partial charge in [0.05, 0.1) is 10.9 Å². The van der Waals surface area contributed by atoms with Crippen LogP contribution in [-0.4, -0.2) is 8.96 Å². The van der Waals surface area contributed by atoms with E-state index in [9.17, 15) is 4.79 Å². The number of hydrogen-bond donors (Lipinski definition) is 2. The average Bonchev–Trinajstić information content (AvgIpc) is 2.15. The van der Waals surface area contributed by atoms with E-state index in [1.165, 1.54) is 3.97 Å². The van der Waals surface area contributed by atoms with Crippen molar-refractivity contribution >= 4 is 35.9 Å². The first-order valence-corrected chi connectivity index (χ1v) is 4.44. The summed E-state index contributed by atoms with van der Waals surface area (Å²) in [5, 5.41) is 0.589. The summed E-state index contributed by atoms with van der Waals surface area (Å²) in [6.45, 7) is 0. The zero-order valence-corrected chi connectivity index (χ0v) is 8.23. The Morgan fingerprint density at radius 3 is 2.85 bits per heavy atom. The zero-order chi connectivity index (χ0) is 9.42. The van der Waals surface area contributed by atoms with Gasteiger partial charge in [-0.05, 0) is 24.4 Å². The molecule has 0 saturated heterocycles. The molecule has 1 N–H and O–H groups in total. The van der Waals surface area contributed by atoms with Crippen LogP contribution in [0.3, 0.4) is 0 Å². The van der Waals surface area contributed by atoms with Gasteiger partial charge in [0.1, 0.15) is 0 Å². The minimum Gasteiger partial charge on any atom is -0.298 e. The number of aromatic nitrogens is 2. The molecule has 0 aliphatic rings. The molecule has 3 nitrogen and oxygen atoms in total. The topological polar surface area (TPSA) is 37.8 Å². The smallest absolute Gasteiger partial charge is 0.259 e. The van der Waals surface area contributed by atoms with E-state index in [1.54, 1.807) is 18.2 Å². The maximum atomic E-state index is 11.4. The Morgan fingerprint density at radius 2 is 2.08 bits per heavy atom. The lowest BCUT2D eigenvalue weighted by atomic mass is 10.2. The van der Waals surface area contributed by atoms with E-state index in [-0.39, 0.29) is 5.56 Å². The molecule has 1 aromatic heterocycles. The quantitative estimate of drug-likeness (QED) is 0.513. The lowest BCUT2D eigenvalue weighted by molar-refractivity contribution is 1.10. The highest BCUT2D eigenvalue weighted by Gasteiger charge is 2.00. The Hall–Kier alpha value is -1.07. The number of nitrogens with one attached hydrogen (secondary N) is 1. The number of fused-ring (bicyclic) bond motifs is 1. The van der Waals surface area contributed by atoms with Gasteiger partial charge in [0.2, 0.25) is 0 Å². The van der Waals surface area contributed by atoms with Gasteiger partial charge in [0.25, 0.3) is 5.56 Å². The fraction of sp³-hybridized carbons (Fsp3) is 0. The summed E-state index contributed by atoms with van der Waals surface area (Å²) in [4.78, 5) is 13.9. The molecule has 66 valence electrons. The van der Waals surface area contributed by atoms with Crippen LogP contribution in [0.2, 0.25) is 0 Å². The lowest BCUT2D eigenvalue weighted by Gasteiger charge is -2.01. The Labute approximate surface area is 84.6 Å². The number of benzene rings is 1. The summed E-state index contributed by atoms with van der Waals surface area (Å²) in [6.07, 6.45) is 0. The lowest BCUT2D eigenvalue weighted by Crippen LogP contribution is -2.10. The van der Waals surface area contributed by atoms with Gasteiger partial charge < -0.3 is 0 Å². The van der Waals surface area contributed by atoms with Gasteiger partial charge in [-0.1, -0.05) is 24.9 Å². The van der Waals surface area contributed by atoms with Crippen LogP contribution in [-0.2, 0) is 0 Å². The molecule has 0 saturated carbocycles. The minimum atomic E-state index is -0.175. The van der Waals surface area contributed by atoms with E-state index in [2.05, 4.69) is 17.8 Å². The van der Waals surface area contributed by atoms with Crippen LogP contribution in [0, 0.1) is 4.77 Å². The fourth-order valence-electron chi connectivity index (χ4n) is 1.18. The van der Waals surface area contributed by atoms with E-state index in [0.717, 1.165) is 5.52 Å². The first-order valence-electron chi connectivity index (χ1n) is 3.63. The highest BCUT2D eigenvalue weighted by molar-refractivity contribution is 7.79. The Morgan fingerprint density at radius 1 is 1.38 bits per heavy atom. The van der Waals surface area contributed by atoms with Crippen molar-refractivity contribution in [3.05, 3.63) is 39.4 Å². The van der Waals surface area contributed by atoms with Crippen LogP contribution >= 0.6 is 25.0 Å². The molecule has 0 fully saturated rings. The number of H-pyrrole nitrogens is 1. The summed E-state index contributed by atoms with van der Waals surface area (Å²) in [5.74, 6) is 0. The molecular formula is C8H6N2OS2. The van der Waals surface area contributed by atoms with Gasteiger partial charge >= 0.3 is 0 Å². The van der Waals surface area contributed by atoms with Crippen LogP contribution < -0.4 is 5.56 Å². The number of rotatable bonds is 0. The Bertz CT molecular complexity index is 570. The third kappa shape index (κ3) is 1.30. The highest BCUT2D eigenvalue weighted by Crippen LogP contribution is 2.09. The first-order chi connectivity index (χ1) is 6.20. The third-order valence-corrected chi connectivity index (χ3v) is 2.63. The molecule has 0 amide bonds. The van der Waals surface area contributed by atoms with E-state index in [1.807, 2.05) is 6.07 Å². The van der Waals surface area contributed by atoms with Crippen molar-refractivity contribution in [1.29, 1.82) is 0 Å². The molecule has 13 heavy (non-hydrogen) atoms. The second-order valence-electron chi connectivity index (χ2n) is 2.59. The summed E-state index contributed by atoms with van der Waals surface area (Å²) in [6, 6.07) is 7.17. The highest BCUT2D eigenvalue weighted by atomic mass is 32.1. The molecule has 0 unspecified atom stereocenters. The van der Waals surface area contributed by atoms with Gasteiger partial charge in [-0.25, -0.2) is 0 Å². The maximum absolute atomic E-state index is 11.4. The third-order valence-electron chi connectivity index (χ3n) is 1.79. The predicted octanol–water partition coefficient (Wildman–Crippen LogP) is 1.75. The largest absolute Gasteiger partial charge is 0.298 e. The van der Waals surface area contributed by atoms with Crippen LogP contribution in [0.4, 0.5) is 0 Å². The van der Waals surface area contributed by atoms with Gasteiger partial charge in [0.15, 0.2) is 4.77 Å². The summed E-state index contributed by atoms with van der Waals surface area (Å²) in [7, 11) is 0. The number of aromatic amines is 1. The molecule has 0 spiro atoms. The number of hydrogen-bond acceptors (Lipinski definition) is 3. The SMILES string of the molecule is O=c1[nH]c(=S)n(S)c2ccccc12. The number of nitrogens with zero attached hydrogens (tertiary/aromatic N) is 1. The van der Waals surface area contributed by atoms with E-state index in [0.29, 0.717) is 10.2 Å². The monoisotopic (exact) mass is 210 g/mol. The first kappa shape index (κ1) is 8.52. The normalized spacial score (nSPS) is 10.5. The van der Waals surface area contributed by atoms with Crippen molar-refractivity contribution in [1.82, 2.24) is 8.96 Å². The van der Waals surface area contributed by atoms with Crippen molar-refractivity contribution in [2.24, 2.45) is 0 Å². The fourth-order valence-corrected chi connectivity index (χ4v) is 1.59.